The highest BCUT2D eigenvalue weighted by molar-refractivity contribution is 5.78. The summed E-state index contributed by atoms with van der Waals surface area (Å²) in [4.78, 5) is 21.8. The van der Waals surface area contributed by atoms with Gasteiger partial charge in [-0.2, -0.15) is 0 Å². The molecule has 1 rings (SSSR count). The molecule has 0 saturated heterocycles. The van der Waals surface area contributed by atoms with Crippen LogP contribution in [0.5, 0.6) is 0 Å². The minimum atomic E-state index is -1.02. The number of benzene rings is 1. The van der Waals surface area contributed by atoms with E-state index in [0.29, 0.717) is 6.42 Å². The third kappa shape index (κ3) is 3.29. The van der Waals surface area contributed by atoms with Crippen LogP contribution in [0.25, 0.3) is 0 Å². The lowest BCUT2D eigenvalue weighted by Gasteiger charge is -2.15. The van der Waals surface area contributed by atoms with Crippen molar-refractivity contribution in [3.63, 3.8) is 0 Å². The number of hydrogen-bond acceptors (Lipinski definition) is 3. The standard InChI is InChI=1S/C13H17NO4/c1-8(2)6-11(13(15)16)10-5-4-9(3)7-12(10)14(17)18/h4-5,7-8,11H,6H2,1-3H3,(H,15,16). The second-order valence-corrected chi connectivity index (χ2v) is 4.84. The van der Waals surface area contributed by atoms with Gasteiger partial charge in [-0.3, -0.25) is 14.9 Å². The van der Waals surface area contributed by atoms with Crippen molar-refractivity contribution in [3.8, 4) is 0 Å². The highest BCUT2D eigenvalue weighted by Gasteiger charge is 2.28. The second kappa shape index (κ2) is 5.62. The fourth-order valence-corrected chi connectivity index (χ4v) is 1.94. The third-order valence-electron chi connectivity index (χ3n) is 2.76. The van der Waals surface area contributed by atoms with E-state index in [0.717, 1.165) is 5.56 Å². The first kappa shape index (κ1) is 14.2. The Morgan fingerprint density at radius 3 is 2.50 bits per heavy atom. The Balaban J connectivity index is 3.27. The van der Waals surface area contributed by atoms with E-state index in [9.17, 15) is 20.0 Å². The van der Waals surface area contributed by atoms with E-state index in [1.807, 2.05) is 13.8 Å². The number of nitro groups is 1. The Bertz CT molecular complexity index is 468. The number of nitro benzene ring substituents is 1. The van der Waals surface area contributed by atoms with E-state index in [4.69, 9.17) is 0 Å². The summed E-state index contributed by atoms with van der Waals surface area (Å²) in [5.74, 6) is -1.69. The van der Waals surface area contributed by atoms with Crippen LogP contribution in [0.15, 0.2) is 18.2 Å². The predicted molar refractivity (Wildman–Crippen MR) is 67.7 cm³/mol. The maximum absolute atomic E-state index is 11.3. The molecule has 98 valence electrons. The van der Waals surface area contributed by atoms with E-state index in [2.05, 4.69) is 0 Å². The van der Waals surface area contributed by atoms with Crippen molar-refractivity contribution in [2.45, 2.75) is 33.1 Å². The molecule has 1 aromatic rings. The Kier molecular flexibility index (Phi) is 4.42. The molecule has 1 N–H and O–H groups in total. The van der Waals surface area contributed by atoms with Crippen LogP contribution in [0.4, 0.5) is 5.69 Å². The average molecular weight is 251 g/mol. The highest BCUT2D eigenvalue weighted by Crippen LogP contribution is 2.32. The number of carboxylic acids is 1. The van der Waals surface area contributed by atoms with Gasteiger partial charge in [0.25, 0.3) is 5.69 Å². The largest absolute Gasteiger partial charge is 0.481 e. The summed E-state index contributed by atoms with van der Waals surface area (Å²) in [6, 6.07) is 4.68. The van der Waals surface area contributed by atoms with Crippen LogP contribution in [-0.2, 0) is 4.79 Å². The van der Waals surface area contributed by atoms with Gasteiger partial charge in [-0.15, -0.1) is 0 Å². The summed E-state index contributed by atoms with van der Waals surface area (Å²) in [7, 11) is 0. The molecule has 0 saturated carbocycles. The molecule has 0 heterocycles. The molecule has 0 aromatic heterocycles. The van der Waals surface area contributed by atoms with E-state index in [1.54, 1.807) is 19.1 Å². The molecule has 5 nitrogen and oxygen atoms in total. The smallest absolute Gasteiger partial charge is 0.311 e. The first-order chi connectivity index (χ1) is 8.32. The van der Waals surface area contributed by atoms with Gasteiger partial charge >= 0.3 is 5.97 Å². The quantitative estimate of drug-likeness (QED) is 0.644. The molecule has 0 aliphatic heterocycles. The molecule has 0 radical (unpaired) electrons. The predicted octanol–water partition coefficient (Wildman–Crippen LogP) is 3.12. The number of aryl methyl sites for hydroxylation is 1. The first-order valence-corrected chi connectivity index (χ1v) is 5.80. The van der Waals surface area contributed by atoms with E-state index < -0.39 is 16.8 Å². The Labute approximate surface area is 106 Å². The van der Waals surface area contributed by atoms with Gasteiger partial charge in [-0.05, 0) is 24.8 Å². The van der Waals surface area contributed by atoms with Crippen LogP contribution in [0.3, 0.4) is 0 Å². The van der Waals surface area contributed by atoms with E-state index in [-0.39, 0.29) is 17.2 Å². The summed E-state index contributed by atoms with van der Waals surface area (Å²) in [5.41, 5.74) is 0.925. The van der Waals surface area contributed by atoms with Crippen molar-refractivity contribution in [2.24, 2.45) is 5.92 Å². The summed E-state index contributed by atoms with van der Waals surface area (Å²) < 4.78 is 0. The summed E-state index contributed by atoms with van der Waals surface area (Å²) >= 11 is 0. The summed E-state index contributed by atoms with van der Waals surface area (Å²) in [6.07, 6.45) is 0.388. The van der Waals surface area contributed by atoms with Gasteiger partial charge < -0.3 is 5.11 Å². The van der Waals surface area contributed by atoms with Gasteiger partial charge in [0.2, 0.25) is 0 Å². The molecule has 0 spiro atoms. The second-order valence-electron chi connectivity index (χ2n) is 4.84. The van der Waals surface area contributed by atoms with Gasteiger partial charge in [0.1, 0.15) is 0 Å². The number of nitrogens with zero attached hydrogens (tertiary/aromatic N) is 1. The molecule has 5 heteroatoms. The zero-order valence-corrected chi connectivity index (χ0v) is 10.7. The number of hydrogen-bond donors (Lipinski definition) is 1. The molecular formula is C13H17NO4. The zero-order chi connectivity index (χ0) is 13.9. The number of rotatable bonds is 5. The van der Waals surface area contributed by atoms with Gasteiger partial charge in [0.15, 0.2) is 0 Å². The van der Waals surface area contributed by atoms with Crippen LogP contribution < -0.4 is 0 Å². The monoisotopic (exact) mass is 251 g/mol. The fraction of sp³-hybridized carbons (Fsp3) is 0.462. The molecule has 0 bridgehead atoms. The van der Waals surface area contributed by atoms with Gasteiger partial charge in [0.05, 0.1) is 10.8 Å². The first-order valence-electron chi connectivity index (χ1n) is 5.80. The minimum absolute atomic E-state index is 0.108. The fourth-order valence-electron chi connectivity index (χ4n) is 1.94. The van der Waals surface area contributed by atoms with E-state index >= 15 is 0 Å². The Morgan fingerprint density at radius 1 is 1.44 bits per heavy atom. The summed E-state index contributed by atoms with van der Waals surface area (Å²) in [5, 5.41) is 20.2. The van der Waals surface area contributed by atoms with Crippen LogP contribution in [-0.4, -0.2) is 16.0 Å². The summed E-state index contributed by atoms with van der Waals surface area (Å²) in [6.45, 7) is 5.54. The van der Waals surface area contributed by atoms with Crippen molar-refractivity contribution < 1.29 is 14.8 Å². The van der Waals surface area contributed by atoms with Gasteiger partial charge in [-0.1, -0.05) is 26.0 Å². The lowest BCUT2D eigenvalue weighted by molar-refractivity contribution is -0.385. The normalized spacial score (nSPS) is 12.4. The number of carboxylic acid groups (broad SMARTS) is 1. The maximum atomic E-state index is 11.3. The Hall–Kier alpha value is -1.91. The molecule has 0 aliphatic carbocycles. The van der Waals surface area contributed by atoms with Gasteiger partial charge in [0, 0.05) is 11.6 Å². The SMILES string of the molecule is Cc1ccc(C(CC(C)C)C(=O)O)c([N+](=O)[O-])c1. The molecule has 0 fully saturated rings. The zero-order valence-electron chi connectivity index (χ0n) is 10.7. The molecule has 1 unspecified atom stereocenters. The van der Waals surface area contributed by atoms with Crippen molar-refractivity contribution in [2.75, 3.05) is 0 Å². The molecule has 0 aliphatic rings. The molecule has 1 aromatic carbocycles. The minimum Gasteiger partial charge on any atom is -0.481 e. The van der Waals surface area contributed by atoms with Crippen molar-refractivity contribution >= 4 is 11.7 Å². The van der Waals surface area contributed by atoms with Crippen molar-refractivity contribution in [1.82, 2.24) is 0 Å². The highest BCUT2D eigenvalue weighted by atomic mass is 16.6. The van der Waals surface area contributed by atoms with Crippen LogP contribution in [0.2, 0.25) is 0 Å². The molecule has 1 atom stereocenters. The topological polar surface area (TPSA) is 80.4 Å². The number of aliphatic carboxylic acids is 1. The molecular weight excluding hydrogens is 234 g/mol. The van der Waals surface area contributed by atoms with Gasteiger partial charge in [-0.25, -0.2) is 0 Å². The maximum Gasteiger partial charge on any atom is 0.311 e. The van der Waals surface area contributed by atoms with Crippen LogP contribution in [0, 0.1) is 23.0 Å². The lowest BCUT2D eigenvalue weighted by Crippen LogP contribution is -2.15. The van der Waals surface area contributed by atoms with E-state index in [1.165, 1.54) is 6.07 Å². The van der Waals surface area contributed by atoms with Crippen molar-refractivity contribution in [1.29, 1.82) is 0 Å². The Morgan fingerprint density at radius 2 is 2.06 bits per heavy atom. The average Bonchev–Trinajstić information content (AvgIpc) is 2.25. The third-order valence-corrected chi connectivity index (χ3v) is 2.76. The number of carbonyl (C=O) groups is 1. The molecule has 0 amide bonds. The molecule has 18 heavy (non-hydrogen) atoms. The lowest BCUT2D eigenvalue weighted by atomic mass is 9.89. The van der Waals surface area contributed by atoms with Crippen molar-refractivity contribution in [3.05, 3.63) is 39.4 Å². The van der Waals surface area contributed by atoms with Crippen LogP contribution >= 0.6 is 0 Å². The van der Waals surface area contributed by atoms with Crippen LogP contribution in [0.1, 0.15) is 37.3 Å².